The Kier molecular flexibility index (Phi) is 19.4. The molecule has 0 spiro atoms. The van der Waals surface area contributed by atoms with E-state index in [0.29, 0.717) is 6.42 Å². The maximum atomic E-state index is 10.3. The van der Waals surface area contributed by atoms with Crippen LogP contribution < -0.4 is 17.0 Å². The fourth-order valence-corrected chi connectivity index (χ4v) is 0.423. The van der Waals surface area contributed by atoms with Crippen molar-refractivity contribution in [2.24, 2.45) is 11.6 Å². The number of carbonyl (C=O) groups is 1. The molecule has 0 aromatic rings. The average Bonchev–Trinajstić information content (AvgIpc) is 2.15. The van der Waals surface area contributed by atoms with Crippen LogP contribution in [-0.4, -0.2) is 19.0 Å². The van der Waals surface area contributed by atoms with Crippen LogP contribution in [0.4, 0.5) is 0 Å². The van der Waals surface area contributed by atoms with Crippen LogP contribution in [-0.2, 0) is 9.53 Å². The van der Waals surface area contributed by atoms with Crippen molar-refractivity contribution < 1.29 is 9.53 Å². The van der Waals surface area contributed by atoms with Gasteiger partial charge in [0.2, 0.25) is 0 Å². The molecule has 0 aliphatic rings. The zero-order chi connectivity index (χ0) is 10.7. The summed E-state index contributed by atoms with van der Waals surface area (Å²) in [6, 6.07) is 0. The molecule has 14 heavy (non-hydrogen) atoms. The minimum Gasteiger partial charge on any atom is -0.469 e. The highest BCUT2D eigenvalue weighted by Crippen LogP contribution is 1.94. The third-order valence-electron chi connectivity index (χ3n) is 1.12. The van der Waals surface area contributed by atoms with Crippen molar-refractivity contribution in [3.63, 3.8) is 0 Å². The molecule has 0 aromatic heterocycles. The van der Waals surface area contributed by atoms with E-state index in [-0.39, 0.29) is 24.3 Å². The standard InChI is InChI=1S/C6H12O2.CH6N4.ClH/c1-3-4-5-6(7)8-2;2-1(3)5-4;/h3-5H2,1-2H3;4H2,(H4,2,3,5);1H. The Morgan fingerprint density at radius 2 is 2.00 bits per heavy atom. The van der Waals surface area contributed by atoms with Crippen molar-refractivity contribution in [1.29, 1.82) is 5.41 Å². The highest BCUT2D eigenvalue weighted by Gasteiger charge is 1.95. The second kappa shape index (κ2) is 14.5. The molecule has 7 heteroatoms. The molecule has 6 N–H and O–H groups in total. The van der Waals surface area contributed by atoms with Crippen LogP contribution >= 0.6 is 12.4 Å². The summed E-state index contributed by atoms with van der Waals surface area (Å²) >= 11 is 0. The van der Waals surface area contributed by atoms with Gasteiger partial charge in [-0.2, -0.15) is 0 Å². The Bertz CT molecular complexity index is 155. The van der Waals surface area contributed by atoms with Gasteiger partial charge < -0.3 is 10.5 Å². The van der Waals surface area contributed by atoms with Gasteiger partial charge in [-0.15, -0.1) is 12.4 Å². The van der Waals surface area contributed by atoms with Gasteiger partial charge >= 0.3 is 5.97 Å². The fraction of sp³-hybridized carbons (Fsp3) is 0.714. The molecular weight excluding hydrogens is 208 g/mol. The van der Waals surface area contributed by atoms with Crippen LogP contribution in [0.5, 0.6) is 0 Å². The van der Waals surface area contributed by atoms with E-state index in [4.69, 9.17) is 5.41 Å². The molecule has 0 amide bonds. The SMILES string of the molecule is CCCCC(=O)OC.Cl.N=C(N)NN. The highest BCUT2D eigenvalue weighted by molar-refractivity contribution is 5.85. The molecule has 0 saturated heterocycles. The molecule has 0 heterocycles. The van der Waals surface area contributed by atoms with Crippen LogP contribution in [0.3, 0.4) is 0 Å². The van der Waals surface area contributed by atoms with Gasteiger partial charge in [0.1, 0.15) is 0 Å². The van der Waals surface area contributed by atoms with Crippen LogP contribution in [0.25, 0.3) is 0 Å². The maximum Gasteiger partial charge on any atom is 0.305 e. The second-order valence-electron chi connectivity index (χ2n) is 2.24. The number of unbranched alkanes of at least 4 members (excludes halogenated alkanes) is 1. The molecule has 0 bridgehead atoms. The third-order valence-corrected chi connectivity index (χ3v) is 1.12. The molecule has 0 aromatic carbocycles. The summed E-state index contributed by atoms with van der Waals surface area (Å²) in [5.41, 5.74) is 6.53. The predicted octanol–water partition coefficient (Wildman–Crippen LogP) is 0.115. The van der Waals surface area contributed by atoms with Crippen LogP contribution in [0.2, 0.25) is 0 Å². The topological polar surface area (TPSA) is 114 Å². The first-order chi connectivity index (χ1) is 6.08. The van der Waals surface area contributed by atoms with Crippen LogP contribution in [0.1, 0.15) is 26.2 Å². The summed E-state index contributed by atoms with van der Waals surface area (Å²) in [4.78, 5) is 10.3. The van der Waals surface area contributed by atoms with Gasteiger partial charge in [-0.05, 0) is 6.42 Å². The van der Waals surface area contributed by atoms with Crippen LogP contribution in [0, 0.1) is 5.41 Å². The zero-order valence-corrected chi connectivity index (χ0v) is 9.32. The van der Waals surface area contributed by atoms with Crippen molar-refractivity contribution in [2.45, 2.75) is 26.2 Å². The van der Waals surface area contributed by atoms with Crippen molar-refractivity contribution in [2.75, 3.05) is 7.11 Å². The van der Waals surface area contributed by atoms with E-state index in [9.17, 15) is 4.79 Å². The maximum absolute atomic E-state index is 10.3. The largest absolute Gasteiger partial charge is 0.469 e. The van der Waals surface area contributed by atoms with E-state index in [1.807, 2.05) is 12.3 Å². The number of hydrogen-bond donors (Lipinski definition) is 4. The van der Waals surface area contributed by atoms with Gasteiger partial charge in [-0.1, -0.05) is 13.3 Å². The van der Waals surface area contributed by atoms with Gasteiger partial charge in [0.05, 0.1) is 7.11 Å². The Morgan fingerprint density at radius 3 is 2.21 bits per heavy atom. The van der Waals surface area contributed by atoms with E-state index in [2.05, 4.69) is 16.3 Å². The van der Waals surface area contributed by atoms with E-state index in [1.165, 1.54) is 7.11 Å². The highest BCUT2D eigenvalue weighted by atomic mass is 35.5. The normalized spacial score (nSPS) is 7.36. The molecule has 0 fully saturated rings. The molecule has 0 radical (unpaired) electrons. The number of hydrogen-bond acceptors (Lipinski definition) is 4. The quantitative estimate of drug-likeness (QED) is 0.179. The molecule has 86 valence electrons. The second-order valence-corrected chi connectivity index (χ2v) is 2.24. The summed E-state index contributed by atoms with van der Waals surface area (Å²) < 4.78 is 4.41. The minimum atomic E-state index is -0.218. The lowest BCUT2D eigenvalue weighted by Crippen LogP contribution is -2.35. The van der Waals surface area contributed by atoms with Gasteiger partial charge in [-0.3, -0.25) is 15.6 Å². The summed E-state index contributed by atoms with van der Waals surface area (Å²) in [6.45, 7) is 2.04. The number of methoxy groups -OCH3 is 1. The van der Waals surface area contributed by atoms with E-state index in [1.54, 1.807) is 0 Å². The molecule has 0 atom stereocenters. The molecule has 0 saturated carbocycles. The number of hydrazine groups is 1. The molecule has 0 unspecified atom stereocenters. The van der Waals surface area contributed by atoms with Crippen LogP contribution in [0.15, 0.2) is 0 Å². The number of halogens is 1. The number of esters is 1. The number of nitrogens with one attached hydrogen (secondary N) is 2. The Hall–Kier alpha value is -1.01. The lowest BCUT2D eigenvalue weighted by molar-refractivity contribution is -0.140. The first kappa shape index (κ1) is 18.7. The molecule has 6 nitrogen and oxygen atoms in total. The predicted molar refractivity (Wildman–Crippen MR) is 58.0 cm³/mol. The smallest absolute Gasteiger partial charge is 0.305 e. The lowest BCUT2D eigenvalue weighted by atomic mass is 10.3. The van der Waals surface area contributed by atoms with Crippen molar-refractivity contribution in [1.82, 2.24) is 5.43 Å². The number of ether oxygens (including phenoxy) is 1. The van der Waals surface area contributed by atoms with E-state index >= 15 is 0 Å². The minimum absolute atomic E-state index is 0. The third kappa shape index (κ3) is 22.4. The molecule has 0 rings (SSSR count). The zero-order valence-electron chi connectivity index (χ0n) is 8.50. The molecule has 0 aliphatic heterocycles. The summed E-state index contributed by atoms with van der Waals surface area (Å²) in [6.07, 6.45) is 2.55. The number of carbonyl (C=O) groups excluding carboxylic acids is 1. The average molecular weight is 227 g/mol. The molecular formula is C7H19ClN4O2. The lowest BCUT2D eigenvalue weighted by Gasteiger charge is -1.93. The van der Waals surface area contributed by atoms with Gasteiger partial charge in [0.15, 0.2) is 5.96 Å². The van der Waals surface area contributed by atoms with Crippen molar-refractivity contribution in [3.05, 3.63) is 0 Å². The Labute approximate surface area is 90.2 Å². The first-order valence-electron chi connectivity index (χ1n) is 3.95. The van der Waals surface area contributed by atoms with E-state index in [0.717, 1.165) is 12.8 Å². The summed E-state index contributed by atoms with van der Waals surface area (Å²) in [5, 5.41) is 6.28. The summed E-state index contributed by atoms with van der Waals surface area (Å²) in [5.74, 6) is 4.25. The van der Waals surface area contributed by atoms with Gasteiger partial charge in [0, 0.05) is 6.42 Å². The fourth-order valence-electron chi connectivity index (χ4n) is 0.423. The van der Waals surface area contributed by atoms with Crippen molar-refractivity contribution >= 4 is 24.3 Å². The summed E-state index contributed by atoms with van der Waals surface area (Å²) in [7, 11) is 1.41. The van der Waals surface area contributed by atoms with Gasteiger partial charge in [0.25, 0.3) is 0 Å². The Morgan fingerprint density at radius 1 is 1.57 bits per heavy atom. The molecule has 0 aliphatic carbocycles. The number of nitrogens with two attached hydrogens (primary N) is 2. The van der Waals surface area contributed by atoms with Crippen molar-refractivity contribution in [3.8, 4) is 0 Å². The Balaban J connectivity index is -0.000000177. The van der Waals surface area contributed by atoms with E-state index < -0.39 is 0 Å². The number of guanidine groups is 1. The van der Waals surface area contributed by atoms with Gasteiger partial charge in [-0.25, -0.2) is 5.84 Å². The monoisotopic (exact) mass is 226 g/mol. The number of rotatable bonds is 3. The first-order valence-corrected chi connectivity index (χ1v) is 3.95.